The number of nitrogens with zero attached hydrogens (tertiary/aromatic N) is 2. The van der Waals surface area contributed by atoms with Crippen LogP contribution in [0.4, 0.5) is 0 Å². The number of rotatable bonds is 4. The first-order valence-corrected chi connectivity index (χ1v) is 9.79. The van der Waals surface area contributed by atoms with Crippen LogP contribution in [0.5, 0.6) is 0 Å². The fraction of sp³-hybridized carbons (Fsp3) is 0.130. The van der Waals surface area contributed by atoms with Crippen molar-refractivity contribution in [1.82, 2.24) is 9.88 Å². The zero-order valence-electron chi connectivity index (χ0n) is 15.3. The van der Waals surface area contributed by atoms with E-state index in [0.717, 1.165) is 26.7 Å². The minimum atomic E-state index is -0.364. The lowest BCUT2D eigenvalue weighted by atomic mass is 9.93. The number of halogens is 1. The number of hydrogen-bond acceptors (Lipinski definition) is 3. The van der Waals surface area contributed by atoms with Crippen LogP contribution in [0.3, 0.4) is 0 Å². The summed E-state index contributed by atoms with van der Waals surface area (Å²) in [6.07, 6.45) is 3.41. The largest absolute Gasteiger partial charge is 0.503 e. The van der Waals surface area contributed by atoms with Crippen LogP contribution in [0, 0.1) is 6.92 Å². The van der Waals surface area contributed by atoms with Gasteiger partial charge in [0.15, 0.2) is 5.76 Å². The molecule has 140 valence electrons. The van der Waals surface area contributed by atoms with Crippen molar-refractivity contribution in [3.05, 3.63) is 106 Å². The third-order valence-corrected chi connectivity index (χ3v) is 5.48. The number of aromatic nitrogens is 1. The zero-order chi connectivity index (χ0) is 19.7. The molecule has 2 heterocycles. The molecule has 1 aliphatic rings. The van der Waals surface area contributed by atoms with Gasteiger partial charge in [-0.15, -0.1) is 0 Å². The lowest BCUT2D eigenvalue weighted by Gasteiger charge is -2.27. The molecule has 1 unspecified atom stereocenters. The van der Waals surface area contributed by atoms with E-state index in [9.17, 15) is 9.90 Å². The van der Waals surface area contributed by atoms with Crippen LogP contribution in [0.2, 0.25) is 0 Å². The van der Waals surface area contributed by atoms with E-state index in [0.29, 0.717) is 12.1 Å². The second-order valence-corrected chi connectivity index (χ2v) is 7.79. The molecule has 1 atom stereocenters. The topological polar surface area (TPSA) is 53.4 Å². The Morgan fingerprint density at radius 3 is 2.29 bits per heavy atom. The molecule has 1 aliphatic heterocycles. The standard InChI is InChI=1S/C23H19BrN2O2/c1-15-2-4-17(5-3-15)20-21(18-6-8-19(24)9-7-18)26(23(28)22(20)27)14-16-10-12-25-13-11-16/h2-13,21,27H,14H2,1H3. The van der Waals surface area contributed by atoms with Crippen LogP contribution in [0.25, 0.3) is 5.57 Å². The van der Waals surface area contributed by atoms with Gasteiger partial charge in [0.1, 0.15) is 0 Å². The molecule has 4 rings (SSSR count). The van der Waals surface area contributed by atoms with Crippen LogP contribution >= 0.6 is 15.9 Å². The van der Waals surface area contributed by atoms with Gasteiger partial charge in [-0.2, -0.15) is 0 Å². The molecular weight excluding hydrogens is 416 g/mol. The second kappa shape index (κ2) is 7.60. The van der Waals surface area contributed by atoms with Crippen molar-refractivity contribution in [3.8, 4) is 0 Å². The molecule has 1 aromatic heterocycles. The van der Waals surface area contributed by atoms with Crippen molar-refractivity contribution in [2.75, 3.05) is 0 Å². The maximum Gasteiger partial charge on any atom is 0.290 e. The molecule has 3 aromatic rings. The minimum absolute atomic E-state index is 0.189. The summed E-state index contributed by atoms with van der Waals surface area (Å²) in [5.41, 5.74) is 4.53. The average molecular weight is 435 g/mol. The third-order valence-electron chi connectivity index (χ3n) is 4.95. The van der Waals surface area contributed by atoms with Crippen molar-refractivity contribution in [2.24, 2.45) is 0 Å². The molecule has 0 radical (unpaired) electrons. The summed E-state index contributed by atoms with van der Waals surface area (Å²) in [5, 5.41) is 10.8. The summed E-state index contributed by atoms with van der Waals surface area (Å²) in [6.45, 7) is 2.40. The van der Waals surface area contributed by atoms with E-state index in [1.54, 1.807) is 17.3 Å². The summed E-state index contributed by atoms with van der Waals surface area (Å²) in [4.78, 5) is 18.8. The van der Waals surface area contributed by atoms with Gasteiger partial charge in [0.25, 0.3) is 5.91 Å². The highest BCUT2D eigenvalue weighted by Gasteiger charge is 2.40. The van der Waals surface area contributed by atoms with Gasteiger partial charge < -0.3 is 10.0 Å². The van der Waals surface area contributed by atoms with Crippen LogP contribution < -0.4 is 0 Å². The molecule has 1 N–H and O–H groups in total. The number of carbonyl (C=O) groups excluding carboxylic acids is 1. The molecule has 0 spiro atoms. The Labute approximate surface area is 172 Å². The van der Waals surface area contributed by atoms with Gasteiger partial charge in [-0.3, -0.25) is 9.78 Å². The van der Waals surface area contributed by atoms with Crippen molar-refractivity contribution >= 4 is 27.4 Å². The fourth-order valence-electron chi connectivity index (χ4n) is 3.52. The van der Waals surface area contributed by atoms with Gasteiger partial charge in [0.05, 0.1) is 6.04 Å². The Balaban J connectivity index is 1.81. The number of amides is 1. The number of carbonyl (C=O) groups is 1. The summed E-state index contributed by atoms with van der Waals surface area (Å²) in [6, 6.07) is 19.2. The summed E-state index contributed by atoms with van der Waals surface area (Å²) in [7, 11) is 0. The number of aliphatic hydroxyl groups excluding tert-OH is 1. The molecular formula is C23H19BrN2O2. The Hall–Kier alpha value is -2.92. The highest BCUT2D eigenvalue weighted by atomic mass is 79.9. The molecule has 0 aliphatic carbocycles. The van der Waals surface area contributed by atoms with Gasteiger partial charge >= 0.3 is 0 Å². The molecule has 0 fully saturated rings. The van der Waals surface area contributed by atoms with E-state index in [-0.39, 0.29) is 17.7 Å². The van der Waals surface area contributed by atoms with Gasteiger partial charge in [0.2, 0.25) is 0 Å². The highest BCUT2D eigenvalue weighted by Crippen LogP contribution is 2.43. The molecule has 28 heavy (non-hydrogen) atoms. The van der Waals surface area contributed by atoms with Crippen molar-refractivity contribution in [1.29, 1.82) is 0 Å². The normalized spacial score (nSPS) is 16.7. The SMILES string of the molecule is Cc1ccc(C2=C(O)C(=O)N(Cc3ccncc3)C2c2ccc(Br)cc2)cc1. The van der Waals surface area contributed by atoms with Crippen molar-refractivity contribution in [3.63, 3.8) is 0 Å². The maximum atomic E-state index is 13.0. The molecule has 0 saturated carbocycles. The van der Waals surface area contributed by atoms with Crippen LogP contribution in [0.1, 0.15) is 28.3 Å². The van der Waals surface area contributed by atoms with Crippen LogP contribution in [0.15, 0.2) is 83.3 Å². The number of hydrogen-bond donors (Lipinski definition) is 1. The van der Waals surface area contributed by atoms with E-state index < -0.39 is 0 Å². The molecule has 0 bridgehead atoms. The third kappa shape index (κ3) is 3.45. The zero-order valence-corrected chi connectivity index (χ0v) is 16.9. The number of aryl methyl sites for hydroxylation is 1. The summed E-state index contributed by atoms with van der Waals surface area (Å²) >= 11 is 3.47. The van der Waals surface area contributed by atoms with E-state index >= 15 is 0 Å². The molecule has 4 nitrogen and oxygen atoms in total. The number of pyridine rings is 1. The quantitative estimate of drug-likeness (QED) is 0.613. The van der Waals surface area contributed by atoms with E-state index in [2.05, 4.69) is 20.9 Å². The first-order chi connectivity index (χ1) is 13.5. The smallest absolute Gasteiger partial charge is 0.290 e. The minimum Gasteiger partial charge on any atom is -0.503 e. The Bertz CT molecular complexity index is 1030. The predicted molar refractivity (Wildman–Crippen MR) is 112 cm³/mol. The average Bonchev–Trinajstić information content (AvgIpc) is 2.95. The molecule has 0 saturated heterocycles. The molecule has 5 heteroatoms. The van der Waals surface area contributed by atoms with E-state index in [1.165, 1.54) is 0 Å². The van der Waals surface area contributed by atoms with Crippen LogP contribution in [-0.2, 0) is 11.3 Å². The van der Waals surface area contributed by atoms with E-state index in [4.69, 9.17) is 0 Å². The summed E-state index contributed by atoms with van der Waals surface area (Å²) < 4.78 is 0.964. The highest BCUT2D eigenvalue weighted by molar-refractivity contribution is 9.10. The summed E-state index contributed by atoms with van der Waals surface area (Å²) in [5.74, 6) is -0.550. The van der Waals surface area contributed by atoms with Crippen LogP contribution in [-0.4, -0.2) is 20.9 Å². The molecule has 2 aromatic carbocycles. The Morgan fingerprint density at radius 1 is 1.00 bits per heavy atom. The van der Waals surface area contributed by atoms with Gasteiger partial charge in [-0.1, -0.05) is 57.9 Å². The van der Waals surface area contributed by atoms with Crippen molar-refractivity contribution < 1.29 is 9.90 Å². The van der Waals surface area contributed by atoms with Gasteiger partial charge in [-0.05, 0) is 47.9 Å². The molecule has 1 amide bonds. The second-order valence-electron chi connectivity index (χ2n) is 6.87. The van der Waals surface area contributed by atoms with Gasteiger partial charge in [0, 0.05) is 29.0 Å². The Morgan fingerprint density at radius 2 is 1.64 bits per heavy atom. The number of benzene rings is 2. The maximum absolute atomic E-state index is 13.0. The lowest BCUT2D eigenvalue weighted by molar-refractivity contribution is -0.130. The predicted octanol–water partition coefficient (Wildman–Crippen LogP) is 5.21. The number of aliphatic hydroxyl groups is 1. The Kier molecular flexibility index (Phi) is 5.01. The van der Waals surface area contributed by atoms with Gasteiger partial charge in [-0.25, -0.2) is 0 Å². The lowest BCUT2D eigenvalue weighted by Crippen LogP contribution is -2.29. The first-order valence-electron chi connectivity index (χ1n) is 9.00. The van der Waals surface area contributed by atoms with Crippen molar-refractivity contribution in [2.45, 2.75) is 19.5 Å². The first kappa shape index (κ1) is 18.4. The van der Waals surface area contributed by atoms with E-state index in [1.807, 2.05) is 67.6 Å². The monoisotopic (exact) mass is 434 g/mol. The fourth-order valence-corrected chi connectivity index (χ4v) is 3.79.